The third-order valence-electron chi connectivity index (χ3n) is 6.19. The van der Waals surface area contributed by atoms with E-state index in [9.17, 15) is 23.1 Å². The number of hydrogen-bond donors (Lipinski definition) is 1. The molecular weight excluding hydrogens is 367 g/mol. The van der Waals surface area contributed by atoms with E-state index in [-0.39, 0.29) is 17.7 Å². The summed E-state index contributed by atoms with van der Waals surface area (Å²) in [6.07, 6.45) is 0.457. The first kappa shape index (κ1) is 21.2. The minimum atomic E-state index is -4.32. The maximum Gasteiger partial charge on any atom is 0.416 e. The minimum absolute atomic E-state index is 0.0770. The largest absolute Gasteiger partial charge is 0.416 e. The van der Waals surface area contributed by atoms with Crippen molar-refractivity contribution < 1.29 is 23.1 Å². The average Bonchev–Trinajstić information content (AvgIpc) is 2.53. The van der Waals surface area contributed by atoms with E-state index in [1.807, 2.05) is 11.8 Å². The van der Waals surface area contributed by atoms with E-state index in [0.717, 1.165) is 31.2 Å². The fourth-order valence-electron chi connectivity index (χ4n) is 4.74. The summed E-state index contributed by atoms with van der Waals surface area (Å²) in [4.78, 5) is 14.5. The molecule has 2 fully saturated rings. The van der Waals surface area contributed by atoms with E-state index >= 15 is 0 Å². The maximum absolute atomic E-state index is 13.3. The van der Waals surface area contributed by atoms with Gasteiger partial charge < -0.3 is 10.0 Å². The van der Waals surface area contributed by atoms with Crippen molar-refractivity contribution in [2.75, 3.05) is 13.1 Å². The molecule has 1 aromatic carbocycles. The molecule has 28 heavy (non-hydrogen) atoms. The number of aryl methyl sites for hydroxylation is 1. The summed E-state index contributed by atoms with van der Waals surface area (Å²) in [5, 5.41) is 9.85. The van der Waals surface area contributed by atoms with Crippen molar-refractivity contribution >= 4 is 5.91 Å². The number of carbonyl (C=O) groups excluding carboxylic acids is 1. The first-order valence-corrected chi connectivity index (χ1v) is 10.2. The number of benzene rings is 1. The predicted octanol–water partition coefficient (Wildman–Crippen LogP) is 4.74. The highest BCUT2D eigenvalue weighted by molar-refractivity contribution is 5.80. The van der Waals surface area contributed by atoms with E-state index in [0.29, 0.717) is 37.9 Å². The zero-order chi connectivity index (χ0) is 20.5. The summed E-state index contributed by atoms with van der Waals surface area (Å²) in [5.41, 5.74) is 0.0109. The van der Waals surface area contributed by atoms with Crippen LogP contribution in [-0.4, -0.2) is 34.6 Å². The summed E-state index contributed by atoms with van der Waals surface area (Å²) >= 11 is 0. The lowest BCUT2D eigenvalue weighted by Crippen LogP contribution is -2.50. The van der Waals surface area contributed by atoms with E-state index in [1.165, 1.54) is 12.1 Å². The van der Waals surface area contributed by atoms with Crippen LogP contribution in [0.5, 0.6) is 0 Å². The van der Waals surface area contributed by atoms with Gasteiger partial charge in [-0.1, -0.05) is 17.7 Å². The maximum atomic E-state index is 13.3. The Morgan fingerprint density at radius 2 is 1.82 bits per heavy atom. The zero-order valence-corrected chi connectivity index (χ0v) is 16.7. The Bertz CT molecular complexity index is 696. The fourth-order valence-corrected chi connectivity index (χ4v) is 4.74. The summed E-state index contributed by atoms with van der Waals surface area (Å²) in [6, 6.07) is 4.38. The number of nitrogens with zero attached hydrogens (tertiary/aromatic N) is 1. The predicted molar refractivity (Wildman–Crippen MR) is 102 cm³/mol. The molecule has 3 nitrogen and oxygen atoms in total. The summed E-state index contributed by atoms with van der Waals surface area (Å²) in [5.74, 6) is 0.263. The van der Waals surface area contributed by atoms with E-state index < -0.39 is 17.3 Å². The normalized spacial score (nSPS) is 27.1. The van der Waals surface area contributed by atoms with Gasteiger partial charge in [0.2, 0.25) is 5.91 Å². The SMILES string of the molecule is Cc1ccc(C(F)(F)F)c(CC2CCCN(C(=O)C3CC(C)(O)C3)CCC2)c1. The molecule has 1 aliphatic heterocycles. The molecule has 1 aliphatic carbocycles. The lowest BCUT2D eigenvalue weighted by molar-refractivity contribution is -0.150. The third-order valence-corrected chi connectivity index (χ3v) is 6.19. The van der Waals surface area contributed by atoms with Crippen molar-refractivity contribution in [2.24, 2.45) is 11.8 Å². The van der Waals surface area contributed by atoms with Crippen LogP contribution in [0, 0.1) is 18.8 Å². The van der Waals surface area contributed by atoms with Gasteiger partial charge in [0, 0.05) is 19.0 Å². The monoisotopic (exact) mass is 397 g/mol. The molecule has 0 unspecified atom stereocenters. The van der Waals surface area contributed by atoms with E-state index in [2.05, 4.69) is 0 Å². The zero-order valence-electron chi connectivity index (χ0n) is 16.7. The number of aliphatic hydroxyl groups is 1. The second-order valence-electron chi connectivity index (χ2n) is 8.94. The van der Waals surface area contributed by atoms with Crippen LogP contribution in [0.3, 0.4) is 0 Å². The van der Waals surface area contributed by atoms with Crippen LogP contribution in [0.4, 0.5) is 13.2 Å². The molecule has 1 amide bonds. The second-order valence-corrected chi connectivity index (χ2v) is 8.94. The van der Waals surface area contributed by atoms with Crippen LogP contribution in [0.15, 0.2) is 18.2 Å². The number of halogens is 3. The van der Waals surface area contributed by atoms with Crippen molar-refractivity contribution in [2.45, 2.75) is 70.6 Å². The first-order chi connectivity index (χ1) is 13.0. The summed E-state index contributed by atoms with van der Waals surface area (Å²) in [6.45, 7) is 4.90. The van der Waals surface area contributed by atoms with Gasteiger partial charge in [0.05, 0.1) is 11.2 Å². The van der Waals surface area contributed by atoms with Crippen molar-refractivity contribution in [3.8, 4) is 0 Å². The quantitative estimate of drug-likeness (QED) is 0.801. The summed E-state index contributed by atoms with van der Waals surface area (Å²) in [7, 11) is 0. The van der Waals surface area contributed by atoms with E-state index in [4.69, 9.17) is 0 Å². The van der Waals surface area contributed by atoms with Gasteiger partial charge in [-0.2, -0.15) is 13.2 Å². The van der Waals surface area contributed by atoms with Gasteiger partial charge >= 0.3 is 6.18 Å². The number of carbonyl (C=O) groups is 1. The molecular formula is C22H30F3NO2. The number of amides is 1. The second kappa shape index (κ2) is 8.05. The topological polar surface area (TPSA) is 40.5 Å². The Kier molecular flexibility index (Phi) is 6.08. The van der Waals surface area contributed by atoms with Crippen LogP contribution < -0.4 is 0 Å². The smallest absolute Gasteiger partial charge is 0.390 e. The Hall–Kier alpha value is -1.56. The molecule has 0 aromatic heterocycles. The standard InChI is InChI=1S/C22H30F3NO2/c1-15-7-8-19(22(23,24)25)17(11-15)12-16-5-3-9-26(10-4-6-16)20(27)18-13-21(2,28)14-18/h7-8,11,16,18,28H,3-6,9-10,12-14H2,1-2H3. The lowest BCUT2D eigenvalue weighted by atomic mass is 9.71. The molecule has 0 spiro atoms. The molecule has 6 heteroatoms. The molecule has 0 atom stereocenters. The van der Waals surface area contributed by atoms with Gasteiger partial charge in [-0.25, -0.2) is 0 Å². The van der Waals surface area contributed by atoms with Crippen molar-refractivity contribution in [1.29, 1.82) is 0 Å². The molecule has 1 heterocycles. The van der Waals surface area contributed by atoms with E-state index in [1.54, 1.807) is 13.0 Å². The van der Waals surface area contributed by atoms with Crippen LogP contribution in [-0.2, 0) is 17.4 Å². The van der Waals surface area contributed by atoms with Crippen LogP contribution in [0.1, 0.15) is 62.1 Å². The third kappa shape index (κ3) is 5.07. The van der Waals surface area contributed by atoms with Gasteiger partial charge in [0.1, 0.15) is 0 Å². The Labute approximate surface area is 164 Å². The van der Waals surface area contributed by atoms with Gasteiger partial charge in [-0.05, 0) is 76.3 Å². The molecule has 2 aliphatic rings. The van der Waals surface area contributed by atoms with Gasteiger partial charge in [-0.3, -0.25) is 4.79 Å². The van der Waals surface area contributed by atoms with Crippen molar-refractivity contribution in [3.05, 3.63) is 34.9 Å². The Morgan fingerprint density at radius 1 is 1.21 bits per heavy atom. The van der Waals surface area contributed by atoms with Crippen molar-refractivity contribution in [1.82, 2.24) is 4.90 Å². The van der Waals surface area contributed by atoms with Crippen LogP contribution in [0.25, 0.3) is 0 Å². The number of hydrogen-bond acceptors (Lipinski definition) is 2. The van der Waals surface area contributed by atoms with Crippen molar-refractivity contribution in [3.63, 3.8) is 0 Å². The highest BCUT2D eigenvalue weighted by Gasteiger charge is 2.44. The first-order valence-electron chi connectivity index (χ1n) is 10.2. The number of rotatable bonds is 3. The van der Waals surface area contributed by atoms with Crippen LogP contribution >= 0.6 is 0 Å². The highest BCUT2D eigenvalue weighted by atomic mass is 19.4. The minimum Gasteiger partial charge on any atom is -0.390 e. The molecule has 1 aromatic rings. The summed E-state index contributed by atoms with van der Waals surface area (Å²) < 4.78 is 40.0. The highest BCUT2D eigenvalue weighted by Crippen LogP contribution is 2.39. The Morgan fingerprint density at radius 3 is 2.36 bits per heavy atom. The number of alkyl halides is 3. The number of likely N-dealkylation sites (tertiary alicyclic amines) is 1. The Balaban J connectivity index is 1.57. The van der Waals surface area contributed by atoms with Gasteiger partial charge in [0.25, 0.3) is 0 Å². The molecule has 156 valence electrons. The fraction of sp³-hybridized carbons (Fsp3) is 0.682. The average molecular weight is 397 g/mol. The van der Waals surface area contributed by atoms with Crippen LogP contribution in [0.2, 0.25) is 0 Å². The molecule has 0 bridgehead atoms. The van der Waals surface area contributed by atoms with Gasteiger partial charge in [-0.15, -0.1) is 0 Å². The lowest BCUT2D eigenvalue weighted by Gasteiger charge is -2.42. The molecule has 0 radical (unpaired) electrons. The molecule has 1 N–H and O–H groups in total. The molecule has 3 rings (SSSR count). The van der Waals surface area contributed by atoms with Gasteiger partial charge in [0.15, 0.2) is 0 Å². The molecule has 1 saturated carbocycles. The molecule has 1 saturated heterocycles.